The summed E-state index contributed by atoms with van der Waals surface area (Å²) in [6.07, 6.45) is 3.18. The lowest BCUT2D eigenvalue weighted by Crippen LogP contribution is -2.08. The van der Waals surface area contributed by atoms with Gasteiger partial charge in [-0.25, -0.2) is 0 Å². The zero-order valence-electron chi connectivity index (χ0n) is 14.3. The lowest BCUT2D eigenvalue weighted by atomic mass is 10.1. The summed E-state index contributed by atoms with van der Waals surface area (Å²) >= 11 is 0. The Labute approximate surface area is 141 Å². The molecule has 0 saturated carbocycles. The van der Waals surface area contributed by atoms with Crippen LogP contribution in [0, 0.1) is 6.92 Å². The molecule has 0 spiro atoms. The summed E-state index contributed by atoms with van der Waals surface area (Å²) in [6, 6.07) is 11.0. The number of amides is 1. The van der Waals surface area contributed by atoms with Gasteiger partial charge in [-0.2, -0.15) is 0 Å². The van der Waals surface area contributed by atoms with Gasteiger partial charge in [-0.3, -0.25) is 4.79 Å². The van der Waals surface area contributed by atoms with E-state index in [4.69, 9.17) is 14.2 Å². The van der Waals surface area contributed by atoms with Crippen LogP contribution in [-0.2, 0) is 4.79 Å². The lowest BCUT2D eigenvalue weighted by Gasteiger charge is -2.09. The summed E-state index contributed by atoms with van der Waals surface area (Å²) < 4.78 is 15.7. The third kappa shape index (κ3) is 4.52. The van der Waals surface area contributed by atoms with E-state index in [2.05, 4.69) is 5.32 Å². The molecule has 5 nitrogen and oxygen atoms in total. The summed E-state index contributed by atoms with van der Waals surface area (Å²) in [6.45, 7) is 1.99. The van der Waals surface area contributed by atoms with Crippen LogP contribution in [-0.4, -0.2) is 27.2 Å². The van der Waals surface area contributed by atoms with Crippen molar-refractivity contribution in [2.24, 2.45) is 0 Å². The van der Waals surface area contributed by atoms with Crippen molar-refractivity contribution in [3.63, 3.8) is 0 Å². The van der Waals surface area contributed by atoms with E-state index in [9.17, 15) is 4.79 Å². The third-order valence-electron chi connectivity index (χ3n) is 3.42. The number of ether oxygens (including phenoxy) is 3. The number of nitrogens with one attached hydrogen (secondary N) is 1. The average Bonchev–Trinajstić information content (AvgIpc) is 2.59. The lowest BCUT2D eigenvalue weighted by molar-refractivity contribution is -0.111. The Balaban J connectivity index is 2.15. The molecule has 126 valence electrons. The van der Waals surface area contributed by atoms with Crippen molar-refractivity contribution in [2.75, 3.05) is 26.6 Å². The van der Waals surface area contributed by atoms with Gasteiger partial charge in [0.1, 0.15) is 17.2 Å². The van der Waals surface area contributed by atoms with Crippen LogP contribution in [0.3, 0.4) is 0 Å². The van der Waals surface area contributed by atoms with Crippen LogP contribution in [0.15, 0.2) is 42.5 Å². The number of anilines is 1. The Morgan fingerprint density at radius 1 is 0.958 bits per heavy atom. The summed E-state index contributed by atoms with van der Waals surface area (Å²) in [7, 11) is 4.72. The first-order valence-corrected chi connectivity index (χ1v) is 7.42. The van der Waals surface area contributed by atoms with Crippen LogP contribution in [0.2, 0.25) is 0 Å². The van der Waals surface area contributed by atoms with Gasteiger partial charge in [0.05, 0.1) is 21.3 Å². The maximum atomic E-state index is 12.1. The number of carbonyl (C=O) groups excluding carboxylic acids is 1. The minimum absolute atomic E-state index is 0.256. The van der Waals surface area contributed by atoms with E-state index in [-0.39, 0.29) is 5.91 Å². The van der Waals surface area contributed by atoms with Crippen LogP contribution in [0.25, 0.3) is 6.08 Å². The molecule has 0 fully saturated rings. The zero-order valence-corrected chi connectivity index (χ0v) is 14.3. The minimum atomic E-state index is -0.256. The van der Waals surface area contributed by atoms with Crippen molar-refractivity contribution in [2.45, 2.75) is 6.92 Å². The molecule has 2 rings (SSSR count). The van der Waals surface area contributed by atoms with Gasteiger partial charge in [0.25, 0.3) is 0 Å². The fourth-order valence-electron chi connectivity index (χ4n) is 2.21. The number of hydrogen-bond acceptors (Lipinski definition) is 4. The number of carbonyl (C=O) groups is 1. The molecule has 0 atom stereocenters. The van der Waals surface area contributed by atoms with Crippen molar-refractivity contribution >= 4 is 17.7 Å². The molecular weight excluding hydrogens is 306 g/mol. The number of benzene rings is 2. The SMILES string of the molecule is COc1cc(NC(=O)C=Cc2cc(C)ccc2OC)cc(OC)c1. The van der Waals surface area contributed by atoms with Gasteiger partial charge >= 0.3 is 0 Å². The molecule has 1 amide bonds. The molecule has 24 heavy (non-hydrogen) atoms. The van der Waals surface area contributed by atoms with Crippen LogP contribution in [0.5, 0.6) is 17.2 Å². The maximum Gasteiger partial charge on any atom is 0.248 e. The Morgan fingerprint density at radius 3 is 2.21 bits per heavy atom. The molecule has 0 radical (unpaired) electrons. The van der Waals surface area contributed by atoms with Crippen molar-refractivity contribution in [1.82, 2.24) is 0 Å². The van der Waals surface area contributed by atoms with Gasteiger partial charge < -0.3 is 19.5 Å². The highest BCUT2D eigenvalue weighted by Gasteiger charge is 2.05. The standard InChI is InChI=1S/C19H21NO4/c1-13-5-7-18(24-4)14(9-13)6-8-19(21)20-15-10-16(22-2)12-17(11-15)23-3/h5-12H,1-4H3,(H,20,21). The van der Waals surface area contributed by atoms with Crippen molar-refractivity contribution in [1.29, 1.82) is 0 Å². The molecule has 0 heterocycles. The van der Waals surface area contributed by atoms with Crippen LogP contribution >= 0.6 is 0 Å². The van der Waals surface area contributed by atoms with Gasteiger partial charge in [0, 0.05) is 35.5 Å². The molecule has 0 aliphatic rings. The zero-order chi connectivity index (χ0) is 17.5. The van der Waals surface area contributed by atoms with Crippen LogP contribution < -0.4 is 19.5 Å². The molecule has 5 heteroatoms. The first-order chi connectivity index (χ1) is 11.5. The minimum Gasteiger partial charge on any atom is -0.497 e. The van der Waals surface area contributed by atoms with E-state index in [0.29, 0.717) is 22.9 Å². The second-order valence-electron chi connectivity index (χ2n) is 5.17. The smallest absolute Gasteiger partial charge is 0.248 e. The topological polar surface area (TPSA) is 56.8 Å². The van der Waals surface area contributed by atoms with Gasteiger partial charge in [-0.05, 0) is 25.1 Å². The van der Waals surface area contributed by atoms with Crippen LogP contribution in [0.1, 0.15) is 11.1 Å². The number of aryl methyl sites for hydroxylation is 1. The van der Waals surface area contributed by atoms with E-state index < -0.39 is 0 Å². The van der Waals surface area contributed by atoms with Gasteiger partial charge in [-0.1, -0.05) is 11.6 Å². The van der Waals surface area contributed by atoms with Crippen LogP contribution in [0.4, 0.5) is 5.69 Å². The largest absolute Gasteiger partial charge is 0.497 e. The summed E-state index contributed by atoms with van der Waals surface area (Å²) in [5, 5.41) is 2.79. The highest BCUT2D eigenvalue weighted by molar-refractivity contribution is 6.02. The number of rotatable bonds is 6. The van der Waals surface area contributed by atoms with E-state index in [1.54, 1.807) is 45.6 Å². The number of methoxy groups -OCH3 is 3. The quantitative estimate of drug-likeness (QED) is 0.823. The molecule has 0 saturated heterocycles. The summed E-state index contributed by atoms with van der Waals surface area (Å²) in [5.74, 6) is 1.67. The maximum absolute atomic E-state index is 12.1. The first kappa shape index (κ1) is 17.4. The molecule has 0 aliphatic carbocycles. The summed E-state index contributed by atoms with van der Waals surface area (Å²) in [4.78, 5) is 12.1. The molecule has 2 aromatic carbocycles. The molecule has 2 aromatic rings. The van der Waals surface area contributed by atoms with Gasteiger partial charge in [0.15, 0.2) is 0 Å². The Bertz CT molecular complexity index is 731. The normalized spacial score (nSPS) is 10.5. The second-order valence-corrected chi connectivity index (χ2v) is 5.17. The predicted octanol–water partition coefficient (Wildman–Crippen LogP) is 3.67. The highest BCUT2D eigenvalue weighted by Crippen LogP contribution is 2.26. The molecule has 0 unspecified atom stereocenters. The summed E-state index contributed by atoms with van der Waals surface area (Å²) in [5.41, 5.74) is 2.53. The Kier molecular flexibility index (Phi) is 5.84. The number of hydrogen-bond donors (Lipinski definition) is 1. The molecule has 0 aliphatic heterocycles. The van der Waals surface area contributed by atoms with E-state index in [0.717, 1.165) is 11.1 Å². The molecule has 0 bridgehead atoms. The Morgan fingerprint density at radius 2 is 1.62 bits per heavy atom. The molecule has 1 N–H and O–H groups in total. The van der Waals surface area contributed by atoms with E-state index in [1.165, 1.54) is 6.08 Å². The predicted molar refractivity (Wildman–Crippen MR) is 94.9 cm³/mol. The molecule has 0 aromatic heterocycles. The Hall–Kier alpha value is -2.95. The average molecular weight is 327 g/mol. The van der Waals surface area contributed by atoms with Gasteiger partial charge in [0.2, 0.25) is 5.91 Å². The second kappa shape index (κ2) is 8.06. The fourth-order valence-corrected chi connectivity index (χ4v) is 2.21. The third-order valence-corrected chi connectivity index (χ3v) is 3.42. The monoisotopic (exact) mass is 327 g/mol. The highest BCUT2D eigenvalue weighted by atomic mass is 16.5. The fraction of sp³-hybridized carbons (Fsp3) is 0.211. The van der Waals surface area contributed by atoms with E-state index in [1.807, 2.05) is 25.1 Å². The van der Waals surface area contributed by atoms with Crippen molar-refractivity contribution in [3.8, 4) is 17.2 Å². The van der Waals surface area contributed by atoms with Crippen molar-refractivity contribution < 1.29 is 19.0 Å². The van der Waals surface area contributed by atoms with E-state index >= 15 is 0 Å². The van der Waals surface area contributed by atoms with Gasteiger partial charge in [-0.15, -0.1) is 0 Å². The first-order valence-electron chi connectivity index (χ1n) is 7.42. The van der Waals surface area contributed by atoms with Crippen molar-refractivity contribution in [3.05, 3.63) is 53.6 Å². The molecular formula is C19H21NO4.